The Kier molecular flexibility index (Phi) is 7.51. The van der Waals surface area contributed by atoms with Crippen LogP contribution in [0.3, 0.4) is 0 Å². The number of likely N-dealkylation sites (N-methyl/N-ethyl adjacent to an activating group) is 1. The monoisotopic (exact) mass is 280 g/mol. The van der Waals surface area contributed by atoms with Crippen LogP contribution in [-0.4, -0.2) is 37.8 Å². The molecule has 0 saturated heterocycles. The SMILES string of the molecule is CSc1ccc(CNCC(CC(C)C)N(C)C)cc1. The lowest BCUT2D eigenvalue weighted by Crippen LogP contribution is -2.38. The van der Waals surface area contributed by atoms with E-state index in [0.717, 1.165) is 19.0 Å². The molecular weight excluding hydrogens is 252 g/mol. The van der Waals surface area contributed by atoms with Gasteiger partial charge < -0.3 is 10.2 Å². The lowest BCUT2D eigenvalue weighted by atomic mass is 10.0. The molecule has 0 amide bonds. The average molecular weight is 280 g/mol. The lowest BCUT2D eigenvalue weighted by molar-refractivity contribution is 0.246. The Morgan fingerprint density at radius 3 is 2.26 bits per heavy atom. The summed E-state index contributed by atoms with van der Waals surface area (Å²) in [5, 5.41) is 3.58. The van der Waals surface area contributed by atoms with E-state index < -0.39 is 0 Å². The highest BCUT2D eigenvalue weighted by Gasteiger charge is 2.12. The van der Waals surface area contributed by atoms with Gasteiger partial charge in [-0.2, -0.15) is 0 Å². The van der Waals surface area contributed by atoms with Gasteiger partial charge >= 0.3 is 0 Å². The van der Waals surface area contributed by atoms with Gasteiger partial charge in [-0.25, -0.2) is 0 Å². The van der Waals surface area contributed by atoms with Crippen LogP contribution in [0.2, 0.25) is 0 Å². The van der Waals surface area contributed by atoms with E-state index in [1.165, 1.54) is 16.9 Å². The Labute approximate surface area is 123 Å². The second-order valence-corrected chi connectivity index (χ2v) is 6.61. The van der Waals surface area contributed by atoms with E-state index in [1.54, 1.807) is 11.8 Å². The summed E-state index contributed by atoms with van der Waals surface area (Å²) in [5.41, 5.74) is 1.36. The molecule has 0 aliphatic carbocycles. The van der Waals surface area contributed by atoms with Crippen molar-refractivity contribution < 1.29 is 0 Å². The molecule has 0 saturated carbocycles. The van der Waals surface area contributed by atoms with Crippen LogP contribution in [0, 0.1) is 5.92 Å². The first-order valence-corrected chi connectivity index (χ1v) is 8.25. The normalized spacial score (nSPS) is 13.2. The quantitative estimate of drug-likeness (QED) is 0.734. The molecule has 0 aliphatic heterocycles. The molecular formula is C16H28N2S. The Bertz CT molecular complexity index is 346. The van der Waals surface area contributed by atoms with Crippen LogP contribution < -0.4 is 5.32 Å². The topological polar surface area (TPSA) is 15.3 Å². The Balaban J connectivity index is 2.38. The highest BCUT2D eigenvalue weighted by Crippen LogP contribution is 2.15. The maximum Gasteiger partial charge on any atom is 0.0217 e. The minimum Gasteiger partial charge on any atom is -0.311 e. The van der Waals surface area contributed by atoms with Gasteiger partial charge in [-0.05, 0) is 50.4 Å². The maximum absolute atomic E-state index is 3.58. The number of hydrogen-bond acceptors (Lipinski definition) is 3. The number of nitrogens with zero attached hydrogens (tertiary/aromatic N) is 1. The summed E-state index contributed by atoms with van der Waals surface area (Å²) in [5.74, 6) is 0.745. The molecule has 1 unspecified atom stereocenters. The van der Waals surface area contributed by atoms with Crippen LogP contribution in [-0.2, 0) is 6.54 Å². The zero-order chi connectivity index (χ0) is 14.3. The molecule has 0 radical (unpaired) electrons. The van der Waals surface area contributed by atoms with Crippen molar-refractivity contribution in [3.8, 4) is 0 Å². The minimum absolute atomic E-state index is 0.616. The zero-order valence-corrected chi connectivity index (χ0v) is 13.8. The second-order valence-electron chi connectivity index (χ2n) is 5.73. The van der Waals surface area contributed by atoms with Gasteiger partial charge in [-0.3, -0.25) is 0 Å². The molecule has 0 aromatic heterocycles. The minimum atomic E-state index is 0.616. The first-order valence-electron chi connectivity index (χ1n) is 7.03. The average Bonchev–Trinajstić information content (AvgIpc) is 2.37. The molecule has 0 aliphatic rings. The van der Waals surface area contributed by atoms with Gasteiger partial charge in [-0.15, -0.1) is 11.8 Å². The Hall–Kier alpha value is -0.510. The van der Waals surface area contributed by atoms with Gasteiger partial charge in [0.25, 0.3) is 0 Å². The first-order chi connectivity index (χ1) is 9.02. The summed E-state index contributed by atoms with van der Waals surface area (Å²) in [6.07, 6.45) is 3.35. The third kappa shape index (κ3) is 6.46. The van der Waals surface area contributed by atoms with Gasteiger partial charge in [0.1, 0.15) is 0 Å². The van der Waals surface area contributed by atoms with Crippen molar-refractivity contribution in [1.82, 2.24) is 10.2 Å². The molecule has 0 spiro atoms. The summed E-state index contributed by atoms with van der Waals surface area (Å²) >= 11 is 1.79. The van der Waals surface area contributed by atoms with Gasteiger partial charge in [-0.1, -0.05) is 26.0 Å². The molecule has 1 rings (SSSR count). The zero-order valence-electron chi connectivity index (χ0n) is 12.9. The largest absolute Gasteiger partial charge is 0.311 e. The van der Waals surface area contributed by atoms with Crippen molar-refractivity contribution in [3.05, 3.63) is 29.8 Å². The molecule has 1 atom stereocenters. The van der Waals surface area contributed by atoms with Crippen molar-refractivity contribution in [3.63, 3.8) is 0 Å². The van der Waals surface area contributed by atoms with Crippen molar-refractivity contribution in [2.45, 2.75) is 37.8 Å². The smallest absolute Gasteiger partial charge is 0.0217 e. The fourth-order valence-electron chi connectivity index (χ4n) is 2.15. The summed E-state index contributed by atoms with van der Waals surface area (Å²) in [6.45, 7) is 6.59. The molecule has 0 fully saturated rings. The molecule has 0 heterocycles. The first kappa shape index (κ1) is 16.5. The third-order valence-electron chi connectivity index (χ3n) is 3.34. The second kappa shape index (κ2) is 8.62. The summed E-state index contributed by atoms with van der Waals surface area (Å²) in [6, 6.07) is 9.43. The van der Waals surface area contributed by atoms with Gasteiger partial charge in [0.05, 0.1) is 0 Å². The van der Waals surface area contributed by atoms with Crippen LogP contribution in [0.5, 0.6) is 0 Å². The van der Waals surface area contributed by atoms with E-state index in [9.17, 15) is 0 Å². The van der Waals surface area contributed by atoms with Crippen molar-refractivity contribution in [2.75, 3.05) is 26.9 Å². The van der Waals surface area contributed by atoms with E-state index in [0.29, 0.717) is 6.04 Å². The van der Waals surface area contributed by atoms with E-state index in [1.807, 2.05) is 0 Å². The van der Waals surface area contributed by atoms with E-state index >= 15 is 0 Å². The lowest BCUT2D eigenvalue weighted by Gasteiger charge is -2.26. The standard InChI is InChI=1S/C16H28N2S/c1-13(2)10-15(18(3)4)12-17-11-14-6-8-16(19-5)9-7-14/h6-9,13,15,17H,10-12H2,1-5H3. The molecule has 108 valence electrons. The van der Waals surface area contributed by atoms with Crippen LogP contribution in [0.25, 0.3) is 0 Å². The van der Waals surface area contributed by atoms with Crippen LogP contribution in [0.4, 0.5) is 0 Å². The summed E-state index contributed by atoms with van der Waals surface area (Å²) in [7, 11) is 4.34. The van der Waals surface area contributed by atoms with E-state index in [-0.39, 0.29) is 0 Å². The number of rotatable bonds is 8. The van der Waals surface area contributed by atoms with Crippen molar-refractivity contribution in [1.29, 1.82) is 0 Å². The van der Waals surface area contributed by atoms with E-state index in [2.05, 4.69) is 68.7 Å². The molecule has 3 heteroatoms. The number of thioether (sulfide) groups is 1. The molecule has 0 bridgehead atoms. The molecule has 1 aromatic carbocycles. The fraction of sp³-hybridized carbons (Fsp3) is 0.625. The fourth-order valence-corrected chi connectivity index (χ4v) is 2.56. The molecule has 19 heavy (non-hydrogen) atoms. The predicted molar refractivity (Wildman–Crippen MR) is 86.9 cm³/mol. The summed E-state index contributed by atoms with van der Waals surface area (Å²) < 4.78 is 0. The Morgan fingerprint density at radius 1 is 1.16 bits per heavy atom. The Morgan fingerprint density at radius 2 is 1.79 bits per heavy atom. The van der Waals surface area contributed by atoms with Crippen LogP contribution in [0.1, 0.15) is 25.8 Å². The highest BCUT2D eigenvalue weighted by atomic mass is 32.2. The predicted octanol–water partition coefficient (Wildman–Crippen LogP) is 3.47. The molecule has 1 aromatic rings. The number of hydrogen-bond donors (Lipinski definition) is 1. The van der Waals surface area contributed by atoms with Crippen LogP contribution in [0.15, 0.2) is 29.2 Å². The number of benzene rings is 1. The number of nitrogens with one attached hydrogen (secondary N) is 1. The van der Waals surface area contributed by atoms with Crippen molar-refractivity contribution >= 4 is 11.8 Å². The van der Waals surface area contributed by atoms with Crippen LogP contribution >= 0.6 is 11.8 Å². The maximum atomic E-state index is 3.58. The third-order valence-corrected chi connectivity index (χ3v) is 4.09. The van der Waals surface area contributed by atoms with Gasteiger partial charge in [0.2, 0.25) is 0 Å². The van der Waals surface area contributed by atoms with Gasteiger partial charge in [0, 0.05) is 24.0 Å². The van der Waals surface area contributed by atoms with E-state index in [4.69, 9.17) is 0 Å². The highest BCUT2D eigenvalue weighted by molar-refractivity contribution is 7.98. The molecule has 2 nitrogen and oxygen atoms in total. The summed E-state index contributed by atoms with van der Waals surface area (Å²) in [4.78, 5) is 3.65. The molecule has 1 N–H and O–H groups in total. The van der Waals surface area contributed by atoms with Crippen molar-refractivity contribution in [2.24, 2.45) is 5.92 Å². The van der Waals surface area contributed by atoms with Gasteiger partial charge in [0.15, 0.2) is 0 Å².